The number of carbonyl (C=O) groups excluding carboxylic acids is 2. The van der Waals surface area contributed by atoms with E-state index in [4.69, 9.17) is 4.74 Å². The Kier molecular flexibility index (Phi) is 3.60. The van der Waals surface area contributed by atoms with E-state index in [1.165, 1.54) is 0 Å². The second kappa shape index (κ2) is 5.16. The van der Waals surface area contributed by atoms with Crippen LogP contribution in [0, 0.1) is 0 Å². The summed E-state index contributed by atoms with van der Waals surface area (Å²) in [6.45, 7) is 4.12. The molecule has 5 heteroatoms. The summed E-state index contributed by atoms with van der Waals surface area (Å²) in [6, 6.07) is 3.68. The normalized spacial score (nSPS) is 19.8. The van der Waals surface area contributed by atoms with Gasteiger partial charge in [-0.05, 0) is 18.1 Å². The molecule has 0 bridgehead atoms. The van der Waals surface area contributed by atoms with E-state index in [1.807, 2.05) is 6.07 Å². The fourth-order valence-corrected chi connectivity index (χ4v) is 1.75. The van der Waals surface area contributed by atoms with Gasteiger partial charge >= 0.3 is 0 Å². The Balaban J connectivity index is 2.01. The number of nitrogens with zero attached hydrogens (tertiary/aromatic N) is 1. The molecule has 5 nitrogen and oxygen atoms in total. The smallest absolute Gasteiger partial charge is 0.267 e. The highest BCUT2D eigenvalue weighted by Gasteiger charge is 2.28. The summed E-state index contributed by atoms with van der Waals surface area (Å²) in [5, 5.41) is 2.26. The molecule has 1 aromatic rings. The summed E-state index contributed by atoms with van der Waals surface area (Å²) >= 11 is 0. The fraction of sp³-hybridized carbons (Fsp3) is 0.462. The summed E-state index contributed by atoms with van der Waals surface area (Å²) < 4.78 is 5.52. The molecule has 0 aliphatic carbocycles. The Hall–Kier alpha value is -1.91. The largest absolute Gasteiger partial charge is 0.479 e. The lowest BCUT2D eigenvalue weighted by Gasteiger charge is -2.21. The Morgan fingerprint density at radius 3 is 2.72 bits per heavy atom. The van der Waals surface area contributed by atoms with E-state index < -0.39 is 6.10 Å². The molecule has 1 aliphatic heterocycles. The van der Waals surface area contributed by atoms with Gasteiger partial charge in [0.1, 0.15) is 5.75 Å². The van der Waals surface area contributed by atoms with Crippen molar-refractivity contribution >= 4 is 11.8 Å². The van der Waals surface area contributed by atoms with Crippen molar-refractivity contribution in [1.29, 1.82) is 0 Å². The van der Waals surface area contributed by atoms with Crippen LogP contribution >= 0.6 is 0 Å². The number of rotatable bonds is 3. The maximum atomic E-state index is 11.5. The van der Waals surface area contributed by atoms with E-state index in [9.17, 15) is 9.59 Å². The molecule has 1 N–H and O–H groups in total. The van der Waals surface area contributed by atoms with Crippen LogP contribution in [0.4, 0.5) is 0 Å². The van der Waals surface area contributed by atoms with Crippen LogP contribution < -0.4 is 10.1 Å². The molecule has 1 saturated heterocycles. The first-order valence-electron chi connectivity index (χ1n) is 6.02. The van der Waals surface area contributed by atoms with Crippen molar-refractivity contribution in [3.8, 4) is 5.75 Å². The van der Waals surface area contributed by atoms with E-state index in [2.05, 4.69) is 24.1 Å². The van der Waals surface area contributed by atoms with Gasteiger partial charge < -0.3 is 4.74 Å². The zero-order valence-corrected chi connectivity index (χ0v) is 10.5. The molecular weight excluding hydrogens is 232 g/mol. The zero-order valence-electron chi connectivity index (χ0n) is 10.5. The molecule has 1 fully saturated rings. The summed E-state index contributed by atoms with van der Waals surface area (Å²) in [5.41, 5.74) is 0.977. The van der Waals surface area contributed by atoms with Gasteiger partial charge in [-0.15, -0.1) is 0 Å². The monoisotopic (exact) mass is 248 g/mol. The van der Waals surface area contributed by atoms with Gasteiger partial charge in [-0.3, -0.25) is 19.9 Å². The molecule has 2 heterocycles. The van der Waals surface area contributed by atoms with Gasteiger partial charge in [0.15, 0.2) is 6.10 Å². The second-order valence-corrected chi connectivity index (χ2v) is 4.63. The van der Waals surface area contributed by atoms with Crippen molar-refractivity contribution in [3.05, 3.63) is 24.0 Å². The Bertz CT molecular complexity index is 454. The van der Waals surface area contributed by atoms with Gasteiger partial charge in [0.2, 0.25) is 5.91 Å². The molecule has 1 aromatic heterocycles. The number of imide groups is 1. The van der Waals surface area contributed by atoms with Gasteiger partial charge in [0, 0.05) is 18.5 Å². The van der Waals surface area contributed by atoms with Crippen LogP contribution in [0.2, 0.25) is 0 Å². The SMILES string of the molecule is CC(C)c1ccc(O[C@@H]2CCC(=O)NC2=O)cn1. The molecule has 0 unspecified atom stereocenters. The van der Waals surface area contributed by atoms with E-state index in [0.29, 0.717) is 24.5 Å². The number of pyridine rings is 1. The van der Waals surface area contributed by atoms with Crippen molar-refractivity contribution in [2.45, 2.75) is 38.7 Å². The van der Waals surface area contributed by atoms with E-state index >= 15 is 0 Å². The number of hydrogen-bond donors (Lipinski definition) is 1. The number of nitrogens with one attached hydrogen (secondary N) is 1. The second-order valence-electron chi connectivity index (χ2n) is 4.63. The average molecular weight is 248 g/mol. The minimum Gasteiger partial charge on any atom is -0.479 e. The third-order valence-electron chi connectivity index (χ3n) is 2.82. The van der Waals surface area contributed by atoms with Crippen LogP contribution in [0.15, 0.2) is 18.3 Å². The zero-order chi connectivity index (χ0) is 13.1. The third-order valence-corrected chi connectivity index (χ3v) is 2.82. The molecule has 1 aliphatic rings. The molecule has 0 radical (unpaired) electrons. The highest BCUT2D eigenvalue weighted by Crippen LogP contribution is 2.18. The van der Waals surface area contributed by atoms with E-state index in [-0.39, 0.29) is 11.8 Å². The number of aromatic nitrogens is 1. The number of carbonyl (C=O) groups is 2. The lowest BCUT2D eigenvalue weighted by atomic mass is 10.1. The average Bonchev–Trinajstić information content (AvgIpc) is 2.33. The molecular formula is C13H16N2O3. The van der Waals surface area contributed by atoms with E-state index in [0.717, 1.165) is 5.69 Å². The number of amides is 2. The third kappa shape index (κ3) is 2.85. The molecule has 2 amide bonds. The summed E-state index contributed by atoms with van der Waals surface area (Å²) in [4.78, 5) is 26.8. The lowest BCUT2D eigenvalue weighted by Crippen LogP contribution is -2.46. The van der Waals surface area contributed by atoms with Crippen LogP contribution in [0.1, 0.15) is 38.3 Å². The molecule has 96 valence electrons. The van der Waals surface area contributed by atoms with Gasteiger partial charge in [-0.25, -0.2) is 0 Å². The summed E-state index contributed by atoms with van der Waals surface area (Å²) in [6.07, 6.45) is 1.73. The first-order chi connectivity index (χ1) is 8.56. The minimum absolute atomic E-state index is 0.242. The Labute approximate surface area is 106 Å². The fourth-order valence-electron chi connectivity index (χ4n) is 1.75. The molecule has 1 atom stereocenters. The number of hydrogen-bond acceptors (Lipinski definition) is 4. The highest BCUT2D eigenvalue weighted by molar-refractivity contribution is 5.99. The van der Waals surface area contributed by atoms with Crippen molar-refractivity contribution < 1.29 is 14.3 Å². The highest BCUT2D eigenvalue weighted by atomic mass is 16.5. The van der Waals surface area contributed by atoms with Crippen molar-refractivity contribution in [2.24, 2.45) is 0 Å². The van der Waals surface area contributed by atoms with Crippen LogP contribution in [0.3, 0.4) is 0 Å². The minimum atomic E-state index is -0.602. The Morgan fingerprint density at radius 1 is 1.39 bits per heavy atom. The molecule has 0 saturated carbocycles. The van der Waals surface area contributed by atoms with Crippen LogP contribution in [0.5, 0.6) is 5.75 Å². The molecule has 0 spiro atoms. The standard InChI is InChI=1S/C13H16N2O3/c1-8(2)10-4-3-9(7-14-10)18-11-5-6-12(16)15-13(11)17/h3-4,7-8,11H,5-6H2,1-2H3,(H,15,16,17)/t11-/m1/s1. The van der Waals surface area contributed by atoms with Crippen molar-refractivity contribution in [3.63, 3.8) is 0 Å². The number of ether oxygens (including phenoxy) is 1. The first kappa shape index (κ1) is 12.5. The van der Waals surface area contributed by atoms with Gasteiger partial charge in [-0.1, -0.05) is 13.8 Å². The quantitative estimate of drug-likeness (QED) is 0.821. The Morgan fingerprint density at radius 2 is 2.17 bits per heavy atom. The van der Waals surface area contributed by atoms with Gasteiger partial charge in [-0.2, -0.15) is 0 Å². The van der Waals surface area contributed by atoms with Crippen molar-refractivity contribution in [2.75, 3.05) is 0 Å². The maximum Gasteiger partial charge on any atom is 0.267 e. The van der Waals surface area contributed by atoms with Gasteiger partial charge in [0.05, 0.1) is 6.20 Å². The topological polar surface area (TPSA) is 68.3 Å². The van der Waals surface area contributed by atoms with Crippen molar-refractivity contribution in [1.82, 2.24) is 10.3 Å². The predicted octanol–water partition coefficient (Wildman–Crippen LogP) is 1.39. The van der Waals surface area contributed by atoms with Crippen LogP contribution in [0.25, 0.3) is 0 Å². The van der Waals surface area contributed by atoms with Gasteiger partial charge in [0.25, 0.3) is 5.91 Å². The number of piperidine rings is 1. The predicted molar refractivity (Wildman–Crippen MR) is 65.1 cm³/mol. The lowest BCUT2D eigenvalue weighted by molar-refractivity contribution is -0.138. The molecule has 0 aromatic carbocycles. The molecule has 18 heavy (non-hydrogen) atoms. The van der Waals surface area contributed by atoms with E-state index in [1.54, 1.807) is 12.3 Å². The molecule has 2 rings (SSSR count). The van der Waals surface area contributed by atoms with Crippen LogP contribution in [-0.4, -0.2) is 22.9 Å². The first-order valence-corrected chi connectivity index (χ1v) is 6.02. The van der Waals surface area contributed by atoms with Crippen LogP contribution in [-0.2, 0) is 9.59 Å². The maximum absolute atomic E-state index is 11.5. The summed E-state index contributed by atoms with van der Waals surface area (Å²) in [5.74, 6) is 0.288. The summed E-state index contributed by atoms with van der Waals surface area (Å²) in [7, 11) is 0.